The van der Waals surface area contributed by atoms with Crippen molar-refractivity contribution in [2.24, 2.45) is 5.92 Å². The number of ether oxygens (including phenoxy) is 1. The minimum atomic E-state index is -4.42. The number of hydrogen-bond acceptors (Lipinski definition) is 4. The zero-order chi connectivity index (χ0) is 24.2. The highest BCUT2D eigenvalue weighted by atomic mass is 19.4. The van der Waals surface area contributed by atoms with E-state index in [1.165, 1.54) is 18.2 Å². The highest BCUT2D eigenvalue weighted by molar-refractivity contribution is 5.60. The molecular formula is C23H25F5N4O. The second-order valence-corrected chi connectivity index (χ2v) is 7.55. The molecule has 1 N–H and O–H groups in total. The van der Waals surface area contributed by atoms with E-state index in [4.69, 9.17) is 4.74 Å². The van der Waals surface area contributed by atoms with Crippen molar-refractivity contribution >= 4 is 5.82 Å². The minimum Gasteiger partial charge on any atom is -0.473 e. The van der Waals surface area contributed by atoms with Gasteiger partial charge < -0.3 is 9.64 Å². The summed E-state index contributed by atoms with van der Waals surface area (Å²) in [6, 6.07) is 7.14. The number of nitrogens with zero attached hydrogens (tertiary/aromatic N) is 3. The maximum atomic E-state index is 13.4. The predicted molar refractivity (Wildman–Crippen MR) is 115 cm³/mol. The van der Waals surface area contributed by atoms with Crippen LogP contribution in [0.1, 0.15) is 32.8 Å². The van der Waals surface area contributed by atoms with Crippen LogP contribution in [0.5, 0.6) is 5.88 Å². The molecule has 1 aromatic carbocycles. The van der Waals surface area contributed by atoms with Gasteiger partial charge in [0.2, 0.25) is 5.88 Å². The molecule has 0 aliphatic carbocycles. The molecule has 1 unspecified atom stereocenters. The molecule has 1 fully saturated rings. The molecule has 4 rings (SSSR count). The lowest BCUT2D eigenvalue weighted by atomic mass is 9.96. The predicted octanol–water partition coefficient (Wildman–Crippen LogP) is 6.09. The van der Waals surface area contributed by atoms with Crippen LogP contribution >= 0.6 is 0 Å². The van der Waals surface area contributed by atoms with E-state index in [-0.39, 0.29) is 12.0 Å². The number of piperidine rings is 1. The molecule has 2 atom stereocenters. The minimum absolute atomic E-state index is 0.0459. The summed E-state index contributed by atoms with van der Waals surface area (Å²) in [6.07, 6.45) is -3.14. The van der Waals surface area contributed by atoms with Crippen LogP contribution < -0.4 is 9.64 Å². The number of alkyl halides is 3. The standard InChI is InChI=1S/C21H19F5N4O.C2H6/c1-12-11-30(19-3-2-14(10-27-19)21(24,25)26)5-4-18(12)31-20-9-17(28-29-20)13-6-15(22)8-16(23)7-13;1-2/h2-3,6-10,12,18H,4-5,11H2,1H3,(H,28,29);1-2H3/t12?,18-;/m1./s1. The fraction of sp³-hybridized carbons (Fsp3) is 0.391. The van der Waals surface area contributed by atoms with E-state index in [0.29, 0.717) is 42.5 Å². The maximum absolute atomic E-state index is 13.4. The highest BCUT2D eigenvalue weighted by Gasteiger charge is 2.32. The van der Waals surface area contributed by atoms with Crippen molar-refractivity contribution in [1.29, 1.82) is 0 Å². The Labute approximate surface area is 188 Å². The van der Waals surface area contributed by atoms with Crippen LogP contribution in [0.15, 0.2) is 42.6 Å². The van der Waals surface area contributed by atoms with Crippen molar-refractivity contribution in [3.63, 3.8) is 0 Å². The molecule has 33 heavy (non-hydrogen) atoms. The number of aromatic amines is 1. The number of halogens is 5. The van der Waals surface area contributed by atoms with Gasteiger partial charge in [-0.15, -0.1) is 5.10 Å². The smallest absolute Gasteiger partial charge is 0.417 e. The van der Waals surface area contributed by atoms with Crippen molar-refractivity contribution < 1.29 is 26.7 Å². The molecule has 1 aliphatic rings. The first-order chi connectivity index (χ1) is 15.7. The summed E-state index contributed by atoms with van der Waals surface area (Å²) in [7, 11) is 0. The van der Waals surface area contributed by atoms with Gasteiger partial charge in [-0.05, 0) is 24.3 Å². The fourth-order valence-corrected chi connectivity index (χ4v) is 3.62. The molecule has 0 bridgehead atoms. The maximum Gasteiger partial charge on any atom is 0.417 e. The van der Waals surface area contributed by atoms with Gasteiger partial charge in [-0.25, -0.2) is 13.8 Å². The van der Waals surface area contributed by atoms with Crippen LogP contribution in [0.2, 0.25) is 0 Å². The number of aromatic nitrogens is 3. The fourth-order valence-electron chi connectivity index (χ4n) is 3.62. The summed E-state index contributed by atoms with van der Waals surface area (Å²) in [6.45, 7) is 7.08. The molecular weight excluding hydrogens is 443 g/mol. The van der Waals surface area contributed by atoms with Crippen LogP contribution in [-0.2, 0) is 6.18 Å². The summed E-state index contributed by atoms with van der Waals surface area (Å²) in [5.41, 5.74) is -0.0430. The molecule has 0 radical (unpaired) electrons. The van der Waals surface area contributed by atoms with Crippen LogP contribution in [0, 0.1) is 17.6 Å². The number of rotatable bonds is 4. The Morgan fingerprint density at radius 1 is 1.06 bits per heavy atom. The van der Waals surface area contributed by atoms with E-state index in [0.717, 1.165) is 18.3 Å². The second kappa shape index (κ2) is 10.2. The van der Waals surface area contributed by atoms with E-state index < -0.39 is 23.4 Å². The summed E-state index contributed by atoms with van der Waals surface area (Å²) in [4.78, 5) is 5.86. The molecule has 10 heteroatoms. The van der Waals surface area contributed by atoms with Gasteiger partial charge in [-0.1, -0.05) is 20.8 Å². The number of pyridine rings is 1. The molecule has 1 saturated heterocycles. The molecule has 3 aromatic rings. The molecule has 3 heterocycles. The zero-order valence-electron chi connectivity index (χ0n) is 18.5. The van der Waals surface area contributed by atoms with Gasteiger partial charge in [-0.3, -0.25) is 5.10 Å². The van der Waals surface area contributed by atoms with Crippen LogP contribution in [-0.4, -0.2) is 34.4 Å². The number of nitrogens with one attached hydrogen (secondary N) is 1. The summed E-state index contributed by atoms with van der Waals surface area (Å²) in [5, 5.41) is 6.78. The van der Waals surface area contributed by atoms with Gasteiger partial charge in [0.1, 0.15) is 23.6 Å². The van der Waals surface area contributed by atoms with Gasteiger partial charge in [0.25, 0.3) is 0 Å². The topological polar surface area (TPSA) is 54.0 Å². The quantitative estimate of drug-likeness (QED) is 0.471. The lowest BCUT2D eigenvalue weighted by Gasteiger charge is -2.37. The van der Waals surface area contributed by atoms with E-state index in [2.05, 4.69) is 15.2 Å². The van der Waals surface area contributed by atoms with Crippen LogP contribution in [0.3, 0.4) is 0 Å². The van der Waals surface area contributed by atoms with Gasteiger partial charge in [0.15, 0.2) is 0 Å². The lowest BCUT2D eigenvalue weighted by molar-refractivity contribution is -0.137. The number of benzene rings is 1. The Balaban J connectivity index is 0.00000149. The highest BCUT2D eigenvalue weighted by Crippen LogP contribution is 2.31. The van der Waals surface area contributed by atoms with Crippen molar-refractivity contribution in [1.82, 2.24) is 15.2 Å². The third-order valence-corrected chi connectivity index (χ3v) is 5.23. The second-order valence-electron chi connectivity index (χ2n) is 7.55. The SMILES string of the molecule is CC.CC1CN(c2ccc(C(F)(F)F)cn2)CC[C@H]1Oc1cc(-c2cc(F)cc(F)c2)[nH]n1. The Kier molecular flexibility index (Phi) is 7.55. The molecule has 178 valence electrons. The molecule has 1 aliphatic heterocycles. The first-order valence-corrected chi connectivity index (χ1v) is 10.7. The first-order valence-electron chi connectivity index (χ1n) is 10.7. The van der Waals surface area contributed by atoms with E-state index in [1.807, 2.05) is 25.7 Å². The lowest BCUT2D eigenvalue weighted by Crippen LogP contribution is -2.44. The number of anilines is 1. The Hall–Kier alpha value is -3.17. The Morgan fingerprint density at radius 3 is 2.33 bits per heavy atom. The molecule has 0 amide bonds. The van der Waals surface area contributed by atoms with Gasteiger partial charge >= 0.3 is 6.18 Å². The average molecular weight is 468 g/mol. The average Bonchev–Trinajstić information content (AvgIpc) is 3.24. The van der Waals surface area contributed by atoms with Crippen molar-refractivity contribution in [2.45, 2.75) is 39.5 Å². The Bertz CT molecular complexity index is 1030. The normalized spacial score (nSPS) is 18.5. The molecule has 0 spiro atoms. The van der Waals surface area contributed by atoms with E-state index >= 15 is 0 Å². The third kappa shape index (κ3) is 6.00. The number of hydrogen-bond donors (Lipinski definition) is 1. The van der Waals surface area contributed by atoms with E-state index in [1.54, 1.807) is 6.07 Å². The monoisotopic (exact) mass is 468 g/mol. The summed E-state index contributed by atoms with van der Waals surface area (Å²) >= 11 is 0. The summed E-state index contributed by atoms with van der Waals surface area (Å²) < 4.78 is 71.0. The first kappa shape index (κ1) is 24.5. The summed E-state index contributed by atoms with van der Waals surface area (Å²) in [5.74, 6) is -0.550. The van der Waals surface area contributed by atoms with Gasteiger partial charge in [-0.2, -0.15) is 13.2 Å². The van der Waals surface area contributed by atoms with Crippen LogP contribution in [0.4, 0.5) is 27.8 Å². The van der Waals surface area contributed by atoms with Gasteiger partial charge in [0, 0.05) is 49.3 Å². The van der Waals surface area contributed by atoms with Crippen molar-refractivity contribution in [2.75, 3.05) is 18.0 Å². The van der Waals surface area contributed by atoms with Crippen LogP contribution in [0.25, 0.3) is 11.3 Å². The molecule has 5 nitrogen and oxygen atoms in total. The van der Waals surface area contributed by atoms with E-state index in [9.17, 15) is 22.0 Å². The third-order valence-electron chi connectivity index (χ3n) is 5.23. The molecule has 2 aromatic heterocycles. The molecule has 0 saturated carbocycles. The Morgan fingerprint density at radius 2 is 1.76 bits per heavy atom. The van der Waals surface area contributed by atoms with Gasteiger partial charge in [0.05, 0.1) is 11.3 Å². The largest absolute Gasteiger partial charge is 0.473 e. The number of H-pyrrole nitrogens is 1. The van der Waals surface area contributed by atoms with Crippen molar-refractivity contribution in [3.05, 3.63) is 59.8 Å². The van der Waals surface area contributed by atoms with Crippen molar-refractivity contribution in [3.8, 4) is 17.1 Å². The zero-order valence-corrected chi connectivity index (χ0v) is 18.5.